The lowest BCUT2D eigenvalue weighted by Gasteiger charge is -2.42. The highest BCUT2D eigenvalue weighted by molar-refractivity contribution is 6.07. The third kappa shape index (κ3) is 3.57. The Kier molecular flexibility index (Phi) is 5.93. The van der Waals surface area contributed by atoms with Crippen molar-refractivity contribution in [1.82, 2.24) is 20.0 Å². The first-order valence-corrected chi connectivity index (χ1v) is 11.2. The number of carbonyl (C=O) groups excluding carboxylic acids is 2. The molecule has 1 aromatic rings. The third-order valence-corrected chi connectivity index (χ3v) is 7.13. The Bertz CT molecular complexity index is 730. The third-order valence-electron chi connectivity index (χ3n) is 7.13. The lowest BCUT2D eigenvalue weighted by molar-refractivity contribution is -0.135. The van der Waals surface area contributed by atoms with Crippen molar-refractivity contribution in [2.45, 2.75) is 44.6 Å². The molecule has 1 spiro atoms. The van der Waals surface area contributed by atoms with Gasteiger partial charge in [-0.3, -0.25) is 9.69 Å². The van der Waals surface area contributed by atoms with Crippen LogP contribution < -0.4 is 5.32 Å². The van der Waals surface area contributed by atoms with Gasteiger partial charge in [0.2, 0.25) is 0 Å². The smallest absolute Gasteiger partial charge is 0.316 e. The highest BCUT2D eigenvalue weighted by atomic mass is 16.2. The zero-order chi connectivity index (χ0) is 20.4. The summed E-state index contributed by atoms with van der Waals surface area (Å²) in [6, 6.07) is 10.7. The normalized spacial score (nSPS) is 27.4. The Hall–Kier alpha value is -1.92. The molecular weight excluding hydrogens is 364 g/mol. The molecule has 6 nitrogen and oxygen atoms in total. The molecule has 0 saturated carbocycles. The number of likely N-dealkylation sites (N-methyl/N-ethyl adjacent to an activating group) is 1. The van der Waals surface area contributed by atoms with Gasteiger partial charge in [-0.15, -0.1) is 0 Å². The van der Waals surface area contributed by atoms with E-state index in [2.05, 4.69) is 40.5 Å². The van der Waals surface area contributed by atoms with E-state index in [1.54, 1.807) is 0 Å². The summed E-state index contributed by atoms with van der Waals surface area (Å²) in [5, 5.41) is 3.57. The summed E-state index contributed by atoms with van der Waals surface area (Å²) in [4.78, 5) is 31.8. The van der Waals surface area contributed by atoms with Crippen molar-refractivity contribution in [3.05, 3.63) is 35.9 Å². The summed E-state index contributed by atoms with van der Waals surface area (Å²) in [5.74, 6) is 1.18. The van der Waals surface area contributed by atoms with Crippen LogP contribution in [0.5, 0.6) is 0 Å². The second kappa shape index (κ2) is 8.44. The summed E-state index contributed by atoms with van der Waals surface area (Å²) in [6.07, 6.45) is 2.32. The average molecular weight is 399 g/mol. The van der Waals surface area contributed by atoms with E-state index in [0.29, 0.717) is 24.9 Å². The van der Waals surface area contributed by atoms with Crippen LogP contribution in [0.4, 0.5) is 4.79 Å². The van der Waals surface area contributed by atoms with Gasteiger partial charge in [-0.2, -0.15) is 0 Å². The number of likely N-dealkylation sites (tertiary alicyclic amines) is 1. The molecular formula is C23H34N4O2. The van der Waals surface area contributed by atoms with Crippen LogP contribution in [0.2, 0.25) is 0 Å². The van der Waals surface area contributed by atoms with Gasteiger partial charge in [0.1, 0.15) is 5.54 Å². The maximum absolute atomic E-state index is 13.2. The summed E-state index contributed by atoms with van der Waals surface area (Å²) in [5.41, 5.74) is 0.810. The van der Waals surface area contributed by atoms with Gasteiger partial charge >= 0.3 is 6.03 Å². The Morgan fingerprint density at radius 2 is 1.79 bits per heavy atom. The van der Waals surface area contributed by atoms with E-state index in [1.807, 2.05) is 18.7 Å². The van der Waals surface area contributed by atoms with Gasteiger partial charge in [0.05, 0.1) is 0 Å². The second-order valence-corrected chi connectivity index (χ2v) is 8.75. The molecule has 0 bridgehead atoms. The summed E-state index contributed by atoms with van der Waals surface area (Å²) >= 11 is 0. The minimum atomic E-state index is -0.607. The highest BCUT2D eigenvalue weighted by Gasteiger charge is 2.57. The average Bonchev–Trinajstić information content (AvgIpc) is 3.28. The maximum atomic E-state index is 13.2. The fourth-order valence-corrected chi connectivity index (χ4v) is 5.58. The van der Waals surface area contributed by atoms with Crippen LogP contribution in [0.15, 0.2) is 30.3 Å². The van der Waals surface area contributed by atoms with Crippen LogP contribution in [0.3, 0.4) is 0 Å². The summed E-state index contributed by atoms with van der Waals surface area (Å²) in [7, 11) is 0. The zero-order valence-corrected chi connectivity index (χ0v) is 17.8. The number of amides is 3. The molecule has 0 radical (unpaired) electrons. The topological polar surface area (TPSA) is 55.9 Å². The van der Waals surface area contributed by atoms with Crippen molar-refractivity contribution in [2.75, 3.05) is 45.8 Å². The number of piperidine rings is 1. The molecule has 2 unspecified atom stereocenters. The van der Waals surface area contributed by atoms with Gasteiger partial charge in [0.15, 0.2) is 0 Å². The van der Waals surface area contributed by atoms with E-state index in [1.165, 1.54) is 10.5 Å². The fourth-order valence-electron chi connectivity index (χ4n) is 5.58. The van der Waals surface area contributed by atoms with E-state index in [0.717, 1.165) is 52.0 Å². The van der Waals surface area contributed by atoms with Gasteiger partial charge in [-0.1, -0.05) is 37.3 Å². The first kappa shape index (κ1) is 20.4. The van der Waals surface area contributed by atoms with Gasteiger partial charge < -0.3 is 15.1 Å². The van der Waals surface area contributed by atoms with Crippen molar-refractivity contribution in [1.29, 1.82) is 0 Å². The van der Waals surface area contributed by atoms with Crippen LogP contribution in [-0.4, -0.2) is 78.0 Å². The number of nitrogens with one attached hydrogen (secondary N) is 1. The molecule has 29 heavy (non-hydrogen) atoms. The SMILES string of the molecule is CCCN1C(=O)N(CC)C2(CCN(CC3CNCC3c3ccccc3)CC2)C1=O. The lowest BCUT2D eigenvalue weighted by atomic mass is 9.84. The molecule has 0 aromatic heterocycles. The van der Waals surface area contributed by atoms with Crippen molar-refractivity contribution in [2.24, 2.45) is 5.92 Å². The number of hydrogen-bond acceptors (Lipinski definition) is 4. The number of hydrogen-bond donors (Lipinski definition) is 1. The van der Waals surface area contributed by atoms with E-state index >= 15 is 0 Å². The molecule has 1 aromatic carbocycles. The molecule has 1 N–H and O–H groups in total. The minimum absolute atomic E-state index is 0.0375. The molecule has 0 aliphatic carbocycles. The Labute approximate surface area is 174 Å². The molecule has 3 fully saturated rings. The van der Waals surface area contributed by atoms with E-state index in [4.69, 9.17) is 0 Å². The molecule has 3 saturated heterocycles. The summed E-state index contributed by atoms with van der Waals surface area (Å²) in [6.45, 7) is 10.0. The van der Waals surface area contributed by atoms with Crippen LogP contribution in [0.25, 0.3) is 0 Å². The zero-order valence-electron chi connectivity index (χ0n) is 17.8. The number of urea groups is 1. The first-order valence-electron chi connectivity index (χ1n) is 11.2. The van der Waals surface area contributed by atoms with E-state index < -0.39 is 5.54 Å². The predicted octanol–water partition coefficient (Wildman–Crippen LogP) is 2.52. The Morgan fingerprint density at radius 1 is 1.07 bits per heavy atom. The molecule has 6 heteroatoms. The molecule has 4 rings (SSSR count). The van der Waals surface area contributed by atoms with Gasteiger partial charge in [-0.05, 0) is 44.2 Å². The molecule has 3 aliphatic heterocycles. The lowest BCUT2D eigenvalue weighted by Crippen LogP contribution is -2.57. The van der Waals surface area contributed by atoms with E-state index in [9.17, 15) is 9.59 Å². The van der Waals surface area contributed by atoms with Gasteiger partial charge in [0, 0.05) is 45.2 Å². The van der Waals surface area contributed by atoms with Crippen molar-refractivity contribution >= 4 is 11.9 Å². The summed E-state index contributed by atoms with van der Waals surface area (Å²) < 4.78 is 0. The molecule has 3 amide bonds. The standard InChI is InChI=1S/C23H34N4O2/c1-3-12-26-21(28)23(27(4-2)22(26)29)10-13-25(14-11-23)17-19-15-24-16-20(19)18-8-6-5-7-9-18/h5-9,19-20,24H,3-4,10-17H2,1-2H3. The molecule has 2 atom stereocenters. The fraction of sp³-hybridized carbons (Fsp3) is 0.652. The first-order chi connectivity index (χ1) is 14.1. The molecule has 3 aliphatic rings. The van der Waals surface area contributed by atoms with E-state index in [-0.39, 0.29) is 11.9 Å². The van der Waals surface area contributed by atoms with Crippen LogP contribution in [-0.2, 0) is 4.79 Å². The van der Waals surface area contributed by atoms with Gasteiger partial charge in [0.25, 0.3) is 5.91 Å². The number of carbonyl (C=O) groups is 2. The van der Waals surface area contributed by atoms with Crippen LogP contribution >= 0.6 is 0 Å². The van der Waals surface area contributed by atoms with Crippen molar-refractivity contribution in [3.8, 4) is 0 Å². The van der Waals surface area contributed by atoms with Crippen molar-refractivity contribution in [3.63, 3.8) is 0 Å². The largest absolute Gasteiger partial charge is 0.327 e. The highest BCUT2D eigenvalue weighted by Crippen LogP contribution is 2.38. The number of nitrogens with zero attached hydrogens (tertiary/aromatic N) is 3. The van der Waals surface area contributed by atoms with Crippen LogP contribution in [0, 0.1) is 5.92 Å². The molecule has 158 valence electrons. The van der Waals surface area contributed by atoms with Crippen molar-refractivity contribution < 1.29 is 9.59 Å². The number of benzene rings is 1. The minimum Gasteiger partial charge on any atom is -0.316 e. The monoisotopic (exact) mass is 398 g/mol. The number of rotatable bonds is 6. The number of imide groups is 1. The van der Waals surface area contributed by atoms with Gasteiger partial charge in [-0.25, -0.2) is 4.79 Å². The second-order valence-electron chi connectivity index (χ2n) is 8.75. The van der Waals surface area contributed by atoms with Crippen LogP contribution in [0.1, 0.15) is 44.6 Å². The Morgan fingerprint density at radius 3 is 2.45 bits per heavy atom. The maximum Gasteiger partial charge on any atom is 0.327 e. The Balaban J connectivity index is 1.41. The predicted molar refractivity (Wildman–Crippen MR) is 114 cm³/mol. The quantitative estimate of drug-likeness (QED) is 0.748. The molecule has 3 heterocycles.